The Morgan fingerprint density at radius 1 is 1.14 bits per heavy atom. The number of halogens is 4. The molecule has 0 spiro atoms. The molecule has 2 N–H and O–H groups in total. The highest BCUT2D eigenvalue weighted by Crippen LogP contribution is 2.44. The van der Waals surface area contributed by atoms with Crippen LogP contribution in [0.1, 0.15) is 30.9 Å². The van der Waals surface area contributed by atoms with E-state index < -0.39 is 17.4 Å². The quantitative estimate of drug-likeness (QED) is 0.874. The van der Waals surface area contributed by atoms with Crippen LogP contribution in [0.2, 0.25) is 0 Å². The van der Waals surface area contributed by atoms with E-state index in [-0.39, 0.29) is 30.9 Å². The molecule has 0 bridgehead atoms. The summed E-state index contributed by atoms with van der Waals surface area (Å²) in [6.45, 7) is 3.54. The normalized spacial score (nSPS) is 20.5. The molecule has 2 aliphatic rings. The third-order valence-electron chi connectivity index (χ3n) is 4.56. The summed E-state index contributed by atoms with van der Waals surface area (Å²) in [5.74, 6) is -2.19. The Labute approximate surface area is 141 Å². The fourth-order valence-electron chi connectivity index (χ4n) is 3.26. The SMILES string of the molecule is Cl.Cl.Oc1c([C@H](C2CCC2)N2CCNCC2)ccc(F)c1F. The van der Waals surface area contributed by atoms with Crippen LogP contribution in [0.4, 0.5) is 8.78 Å². The Balaban J connectivity index is 0.00000121. The van der Waals surface area contributed by atoms with Crippen LogP contribution in [0.5, 0.6) is 5.75 Å². The molecule has 0 unspecified atom stereocenters. The van der Waals surface area contributed by atoms with Gasteiger partial charge in [-0.2, -0.15) is 4.39 Å². The van der Waals surface area contributed by atoms with Crippen LogP contribution in [0.15, 0.2) is 12.1 Å². The Kier molecular flexibility index (Phi) is 7.32. The molecule has 7 heteroatoms. The van der Waals surface area contributed by atoms with Gasteiger partial charge in [-0.05, 0) is 24.8 Å². The number of hydrogen-bond donors (Lipinski definition) is 2. The Bertz CT molecular complexity index is 495. The van der Waals surface area contributed by atoms with E-state index in [1.54, 1.807) is 6.07 Å². The fourth-order valence-corrected chi connectivity index (χ4v) is 3.26. The molecule has 1 aromatic carbocycles. The second kappa shape index (κ2) is 8.29. The Morgan fingerprint density at radius 2 is 1.77 bits per heavy atom. The van der Waals surface area contributed by atoms with Gasteiger partial charge in [-0.3, -0.25) is 4.90 Å². The average molecular weight is 355 g/mol. The first-order valence-electron chi connectivity index (χ1n) is 7.30. The van der Waals surface area contributed by atoms with Crippen molar-refractivity contribution in [1.82, 2.24) is 10.2 Å². The summed E-state index contributed by atoms with van der Waals surface area (Å²) in [7, 11) is 0. The molecular weight excluding hydrogens is 333 g/mol. The van der Waals surface area contributed by atoms with Crippen LogP contribution >= 0.6 is 24.8 Å². The van der Waals surface area contributed by atoms with E-state index in [9.17, 15) is 13.9 Å². The Morgan fingerprint density at radius 3 is 2.32 bits per heavy atom. The maximum Gasteiger partial charge on any atom is 0.200 e. The van der Waals surface area contributed by atoms with E-state index in [1.807, 2.05) is 0 Å². The summed E-state index contributed by atoms with van der Waals surface area (Å²) < 4.78 is 26.9. The molecule has 1 aliphatic carbocycles. The number of rotatable bonds is 3. The molecule has 3 rings (SSSR count). The van der Waals surface area contributed by atoms with Crippen molar-refractivity contribution in [3.8, 4) is 5.75 Å². The molecule has 1 aromatic rings. The highest BCUT2D eigenvalue weighted by Gasteiger charge is 2.35. The van der Waals surface area contributed by atoms with Crippen LogP contribution in [0, 0.1) is 17.6 Å². The minimum atomic E-state index is -1.12. The molecule has 1 saturated heterocycles. The van der Waals surface area contributed by atoms with Crippen molar-refractivity contribution < 1.29 is 13.9 Å². The smallest absolute Gasteiger partial charge is 0.200 e. The lowest BCUT2D eigenvalue weighted by molar-refractivity contribution is 0.0814. The van der Waals surface area contributed by atoms with E-state index >= 15 is 0 Å². The molecule has 2 fully saturated rings. The van der Waals surface area contributed by atoms with Gasteiger partial charge >= 0.3 is 0 Å². The van der Waals surface area contributed by atoms with Crippen molar-refractivity contribution in [2.24, 2.45) is 5.92 Å². The third kappa shape index (κ3) is 3.65. The predicted octanol–water partition coefficient (Wildman–Crippen LogP) is 3.26. The van der Waals surface area contributed by atoms with E-state index in [1.165, 1.54) is 6.42 Å². The molecular formula is C15H22Cl2F2N2O. The first-order chi connectivity index (χ1) is 9.68. The zero-order chi connectivity index (χ0) is 14.1. The second-order valence-corrected chi connectivity index (χ2v) is 5.72. The lowest BCUT2D eigenvalue weighted by Gasteiger charge is -2.43. The van der Waals surface area contributed by atoms with E-state index in [4.69, 9.17) is 0 Å². The maximum atomic E-state index is 13.6. The molecule has 126 valence electrons. The average Bonchev–Trinajstić information content (AvgIpc) is 2.42. The molecule has 1 atom stereocenters. The zero-order valence-electron chi connectivity index (χ0n) is 12.2. The first-order valence-corrected chi connectivity index (χ1v) is 7.30. The minimum Gasteiger partial charge on any atom is -0.505 e. The standard InChI is InChI=1S/C15H20F2N2O.2ClH/c16-12-5-4-11(15(20)13(12)17)14(10-2-1-3-10)19-8-6-18-7-9-19;;/h4-5,10,14,18,20H,1-3,6-9H2;2*1H/t14-;;/m0../s1. The van der Waals surface area contributed by atoms with Crippen LogP contribution in [0.3, 0.4) is 0 Å². The number of nitrogens with zero attached hydrogens (tertiary/aromatic N) is 1. The molecule has 1 saturated carbocycles. The molecule has 1 aliphatic heterocycles. The molecule has 0 amide bonds. The van der Waals surface area contributed by atoms with E-state index in [0.29, 0.717) is 11.5 Å². The highest BCUT2D eigenvalue weighted by molar-refractivity contribution is 5.85. The van der Waals surface area contributed by atoms with Crippen molar-refractivity contribution >= 4 is 24.8 Å². The van der Waals surface area contributed by atoms with Gasteiger partial charge in [-0.1, -0.05) is 12.5 Å². The predicted molar refractivity (Wildman–Crippen MR) is 87.0 cm³/mol. The molecule has 3 nitrogen and oxygen atoms in total. The van der Waals surface area contributed by atoms with Gasteiger partial charge in [-0.25, -0.2) is 4.39 Å². The minimum absolute atomic E-state index is 0. The van der Waals surface area contributed by atoms with Crippen molar-refractivity contribution in [1.29, 1.82) is 0 Å². The molecule has 1 heterocycles. The summed E-state index contributed by atoms with van der Waals surface area (Å²) in [5.41, 5.74) is 0.538. The van der Waals surface area contributed by atoms with Gasteiger partial charge in [0.25, 0.3) is 0 Å². The van der Waals surface area contributed by atoms with Crippen molar-refractivity contribution in [2.75, 3.05) is 26.2 Å². The van der Waals surface area contributed by atoms with Gasteiger partial charge in [0.2, 0.25) is 5.82 Å². The number of nitrogens with one attached hydrogen (secondary N) is 1. The Hall–Kier alpha value is -0.620. The number of benzene rings is 1. The first kappa shape index (κ1) is 19.4. The monoisotopic (exact) mass is 354 g/mol. The molecule has 0 aromatic heterocycles. The third-order valence-corrected chi connectivity index (χ3v) is 4.56. The molecule has 0 radical (unpaired) electrons. The topological polar surface area (TPSA) is 35.5 Å². The second-order valence-electron chi connectivity index (χ2n) is 5.72. The van der Waals surface area contributed by atoms with Gasteiger partial charge in [0.15, 0.2) is 11.6 Å². The summed E-state index contributed by atoms with van der Waals surface area (Å²) in [6, 6.07) is 2.66. The lowest BCUT2D eigenvalue weighted by Crippen LogP contribution is -2.47. The van der Waals surface area contributed by atoms with E-state index in [0.717, 1.165) is 45.1 Å². The number of phenolic OH excluding ortho intramolecular Hbond substituents is 1. The fraction of sp³-hybridized carbons (Fsp3) is 0.600. The van der Waals surface area contributed by atoms with Gasteiger partial charge in [0, 0.05) is 37.8 Å². The maximum absolute atomic E-state index is 13.6. The van der Waals surface area contributed by atoms with Crippen molar-refractivity contribution in [3.63, 3.8) is 0 Å². The summed E-state index contributed by atoms with van der Waals surface area (Å²) in [6.07, 6.45) is 3.36. The van der Waals surface area contributed by atoms with Crippen LogP contribution in [-0.4, -0.2) is 36.2 Å². The summed E-state index contributed by atoms with van der Waals surface area (Å²) in [5, 5.41) is 13.3. The van der Waals surface area contributed by atoms with Crippen molar-refractivity contribution in [2.45, 2.75) is 25.3 Å². The number of piperazine rings is 1. The van der Waals surface area contributed by atoms with Gasteiger partial charge in [0.1, 0.15) is 0 Å². The number of aromatic hydroxyl groups is 1. The largest absolute Gasteiger partial charge is 0.505 e. The van der Waals surface area contributed by atoms with Crippen molar-refractivity contribution in [3.05, 3.63) is 29.3 Å². The zero-order valence-corrected chi connectivity index (χ0v) is 13.9. The number of hydrogen-bond acceptors (Lipinski definition) is 3. The number of phenols is 1. The van der Waals surface area contributed by atoms with E-state index in [2.05, 4.69) is 10.2 Å². The van der Waals surface area contributed by atoms with Gasteiger partial charge < -0.3 is 10.4 Å². The summed E-state index contributed by atoms with van der Waals surface area (Å²) >= 11 is 0. The van der Waals surface area contributed by atoms with Crippen LogP contribution in [0.25, 0.3) is 0 Å². The van der Waals surface area contributed by atoms with Crippen LogP contribution < -0.4 is 5.32 Å². The summed E-state index contributed by atoms with van der Waals surface area (Å²) in [4.78, 5) is 2.28. The highest BCUT2D eigenvalue weighted by atomic mass is 35.5. The molecule has 22 heavy (non-hydrogen) atoms. The van der Waals surface area contributed by atoms with Crippen LogP contribution in [-0.2, 0) is 0 Å². The lowest BCUT2D eigenvalue weighted by atomic mass is 9.76. The van der Waals surface area contributed by atoms with Gasteiger partial charge in [0.05, 0.1) is 0 Å². The van der Waals surface area contributed by atoms with Gasteiger partial charge in [-0.15, -0.1) is 24.8 Å².